The van der Waals surface area contributed by atoms with Crippen LogP contribution in [0.5, 0.6) is 0 Å². The zero-order valence-corrected chi connectivity index (χ0v) is 11.0. The second-order valence-corrected chi connectivity index (χ2v) is 5.35. The summed E-state index contributed by atoms with van der Waals surface area (Å²) in [6, 6.07) is 0.285. The van der Waals surface area contributed by atoms with E-state index in [4.69, 9.17) is 11.2 Å². The number of ether oxygens (including phenoxy) is 1. The molecule has 1 N–H and O–H groups in total. The van der Waals surface area contributed by atoms with Crippen molar-refractivity contribution in [2.75, 3.05) is 19.6 Å². The van der Waals surface area contributed by atoms with Crippen LogP contribution in [0.15, 0.2) is 0 Å². The first kappa shape index (κ1) is 13.9. The molecule has 1 heterocycles. The Bertz CT molecular complexity index is 302. The van der Waals surface area contributed by atoms with Crippen molar-refractivity contribution < 1.29 is 9.53 Å². The molecule has 0 bridgehead atoms. The van der Waals surface area contributed by atoms with E-state index in [1.807, 2.05) is 20.8 Å². The number of piperidine rings is 1. The van der Waals surface area contributed by atoms with Crippen LogP contribution in [0.4, 0.5) is 4.79 Å². The molecule has 4 heteroatoms. The highest BCUT2D eigenvalue weighted by Gasteiger charge is 2.27. The fourth-order valence-electron chi connectivity index (χ4n) is 1.84. The molecule has 0 aromatic carbocycles. The Labute approximate surface area is 104 Å². The molecule has 0 radical (unpaired) electrons. The minimum Gasteiger partial charge on any atom is -0.444 e. The maximum Gasteiger partial charge on any atom is 0.410 e. The quantitative estimate of drug-likeness (QED) is 0.743. The Morgan fingerprint density at radius 2 is 2.29 bits per heavy atom. The molecule has 1 unspecified atom stereocenters. The molecule has 1 aliphatic rings. The van der Waals surface area contributed by atoms with Gasteiger partial charge in [-0.3, -0.25) is 0 Å². The lowest BCUT2D eigenvalue weighted by molar-refractivity contribution is 0.0189. The van der Waals surface area contributed by atoms with Crippen LogP contribution in [-0.4, -0.2) is 42.3 Å². The standard InChI is InChI=1S/C13H22N2O2/c1-5-8-14-11-7-6-9-15(10-11)12(16)17-13(2,3)4/h1,11,14H,6-10H2,2-4H3. The van der Waals surface area contributed by atoms with E-state index in [0.29, 0.717) is 13.1 Å². The lowest BCUT2D eigenvalue weighted by Crippen LogP contribution is -2.49. The van der Waals surface area contributed by atoms with Crippen LogP contribution in [-0.2, 0) is 4.74 Å². The second-order valence-electron chi connectivity index (χ2n) is 5.35. The topological polar surface area (TPSA) is 41.6 Å². The number of carbonyl (C=O) groups is 1. The van der Waals surface area contributed by atoms with Crippen LogP contribution >= 0.6 is 0 Å². The van der Waals surface area contributed by atoms with E-state index >= 15 is 0 Å². The molecule has 0 saturated carbocycles. The number of carbonyl (C=O) groups excluding carboxylic acids is 1. The van der Waals surface area contributed by atoms with Crippen LogP contribution in [0, 0.1) is 12.3 Å². The molecule has 1 amide bonds. The minimum absolute atomic E-state index is 0.232. The summed E-state index contributed by atoms with van der Waals surface area (Å²) in [6.45, 7) is 7.63. The van der Waals surface area contributed by atoms with Gasteiger partial charge in [0.15, 0.2) is 0 Å². The molecule has 4 nitrogen and oxygen atoms in total. The molecule has 1 atom stereocenters. The van der Waals surface area contributed by atoms with E-state index in [2.05, 4.69) is 11.2 Å². The molecule has 1 rings (SSSR count). The highest BCUT2D eigenvalue weighted by atomic mass is 16.6. The van der Waals surface area contributed by atoms with E-state index in [0.717, 1.165) is 19.4 Å². The molecule has 0 spiro atoms. The van der Waals surface area contributed by atoms with E-state index < -0.39 is 5.60 Å². The first-order chi connectivity index (χ1) is 7.92. The Morgan fingerprint density at radius 1 is 1.59 bits per heavy atom. The Hall–Kier alpha value is -1.21. The van der Waals surface area contributed by atoms with Gasteiger partial charge >= 0.3 is 6.09 Å². The number of hydrogen-bond donors (Lipinski definition) is 1. The largest absolute Gasteiger partial charge is 0.444 e. The number of nitrogens with one attached hydrogen (secondary N) is 1. The van der Waals surface area contributed by atoms with Gasteiger partial charge in [-0.15, -0.1) is 6.42 Å². The molecular formula is C13H22N2O2. The maximum atomic E-state index is 11.9. The Morgan fingerprint density at radius 3 is 2.88 bits per heavy atom. The van der Waals surface area contributed by atoms with Crippen molar-refractivity contribution in [1.82, 2.24) is 10.2 Å². The average molecular weight is 238 g/mol. The summed E-state index contributed by atoms with van der Waals surface area (Å²) in [5, 5.41) is 3.23. The molecule has 0 aromatic rings. The molecule has 1 fully saturated rings. The van der Waals surface area contributed by atoms with Crippen molar-refractivity contribution in [1.29, 1.82) is 0 Å². The van der Waals surface area contributed by atoms with E-state index in [1.165, 1.54) is 0 Å². The Balaban J connectivity index is 2.43. The highest BCUT2D eigenvalue weighted by Crippen LogP contribution is 2.15. The van der Waals surface area contributed by atoms with Crippen LogP contribution in [0.25, 0.3) is 0 Å². The van der Waals surface area contributed by atoms with Gasteiger partial charge in [0.05, 0.1) is 6.54 Å². The average Bonchev–Trinajstić information content (AvgIpc) is 2.24. The maximum absolute atomic E-state index is 11.9. The van der Waals surface area contributed by atoms with Gasteiger partial charge in [-0.25, -0.2) is 4.79 Å². The van der Waals surface area contributed by atoms with E-state index in [1.54, 1.807) is 4.90 Å². The van der Waals surface area contributed by atoms with E-state index in [-0.39, 0.29) is 12.1 Å². The third kappa shape index (κ3) is 5.10. The van der Waals surface area contributed by atoms with Crippen LogP contribution < -0.4 is 5.32 Å². The van der Waals surface area contributed by atoms with Gasteiger partial charge in [0, 0.05) is 19.1 Å². The number of nitrogens with zero attached hydrogens (tertiary/aromatic N) is 1. The van der Waals surface area contributed by atoms with Gasteiger partial charge in [-0.2, -0.15) is 0 Å². The molecule has 0 aliphatic carbocycles. The molecule has 96 valence electrons. The summed E-state index contributed by atoms with van der Waals surface area (Å²) in [4.78, 5) is 13.6. The summed E-state index contributed by atoms with van der Waals surface area (Å²) < 4.78 is 5.35. The SMILES string of the molecule is C#CCNC1CCCN(C(=O)OC(C)(C)C)C1. The minimum atomic E-state index is -0.434. The number of rotatable bonds is 2. The molecule has 1 saturated heterocycles. The summed E-state index contributed by atoms with van der Waals surface area (Å²) >= 11 is 0. The molecule has 0 aromatic heterocycles. The van der Waals surface area contributed by atoms with Crippen molar-refractivity contribution in [2.24, 2.45) is 0 Å². The highest BCUT2D eigenvalue weighted by molar-refractivity contribution is 5.68. The van der Waals surface area contributed by atoms with Crippen molar-refractivity contribution in [3.8, 4) is 12.3 Å². The number of terminal acetylenes is 1. The van der Waals surface area contributed by atoms with E-state index in [9.17, 15) is 4.79 Å². The smallest absolute Gasteiger partial charge is 0.410 e. The van der Waals surface area contributed by atoms with Crippen LogP contribution in [0.3, 0.4) is 0 Å². The van der Waals surface area contributed by atoms with Crippen LogP contribution in [0.2, 0.25) is 0 Å². The van der Waals surface area contributed by atoms with Gasteiger partial charge < -0.3 is 15.0 Å². The third-order valence-electron chi connectivity index (χ3n) is 2.57. The number of likely N-dealkylation sites (tertiary alicyclic amines) is 1. The number of amides is 1. The van der Waals surface area contributed by atoms with Gasteiger partial charge in [-0.05, 0) is 33.6 Å². The van der Waals surface area contributed by atoms with Gasteiger partial charge in [0.2, 0.25) is 0 Å². The van der Waals surface area contributed by atoms with Crippen molar-refractivity contribution in [2.45, 2.75) is 45.3 Å². The summed E-state index contributed by atoms with van der Waals surface area (Å²) in [6.07, 6.45) is 7.02. The second kappa shape index (κ2) is 5.92. The van der Waals surface area contributed by atoms with Gasteiger partial charge in [0.25, 0.3) is 0 Å². The first-order valence-corrected chi connectivity index (χ1v) is 6.07. The zero-order chi connectivity index (χ0) is 12.9. The third-order valence-corrected chi connectivity index (χ3v) is 2.57. The zero-order valence-electron chi connectivity index (χ0n) is 11.0. The summed E-state index contributed by atoms with van der Waals surface area (Å²) in [7, 11) is 0. The normalized spacial score (nSPS) is 20.8. The molecular weight excluding hydrogens is 216 g/mol. The lowest BCUT2D eigenvalue weighted by Gasteiger charge is -2.34. The summed E-state index contributed by atoms with van der Waals surface area (Å²) in [5.74, 6) is 2.55. The van der Waals surface area contributed by atoms with Crippen molar-refractivity contribution in [3.63, 3.8) is 0 Å². The molecule has 1 aliphatic heterocycles. The predicted molar refractivity (Wildman–Crippen MR) is 67.7 cm³/mol. The summed E-state index contributed by atoms with van der Waals surface area (Å²) in [5.41, 5.74) is -0.434. The lowest BCUT2D eigenvalue weighted by atomic mass is 10.1. The van der Waals surface area contributed by atoms with Crippen LogP contribution in [0.1, 0.15) is 33.6 Å². The van der Waals surface area contributed by atoms with Crippen molar-refractivity contribution >= 4 is 6.09 Å². The first-order valence-electron chi connectivity index (χ1n) is 6.07. The fraction of sp³-hybridized carbons (Fsp3) is 0.769. The van der Waals surface area contributed by atoms with Crippen molar-refractivity contribution in [3.05, 3.63) is 0 Å². The van der Waals surface area contributed by atoms with Gasteiger partial charge in [0.1, 0.15) is 5.60 Å². The fourth-order valence-corrected chi connectivity index (χ4v) is 1.84. The van der Waals surface area contributed by atoms with Gasteiger partial charge in [-0.1, -0.05) is 5.92 Å². The Kier molecular flexibility index (Phi) is 4.83. The predicted octanol–water partition coefficient (Wildman–Crippen LogP) is 1.61. The number of hydrogen-bond acceptors (Lipinski definition) is 3. The monoisotopic (exact) mass is 238 g/mol. The molecule has 17 heavy (non-hydrogen) atoms.